The largest absolute Gasteiger partial charge is 0.494 e. The average Bonchev–Trinajstić information content (AvgIpc) is 2.27. The first-order chi connectivity index (χ1) is 8.01. The minimum atomic E-state index is 0.163. The molecule has 0 atom stereocenters. The lowest BCUT2D eigenvalue weighted by molar-refractivity contribution is 0.309. The van der Waals surface area contributed by atoms with Gasteiger partial charge >= 0.3 is 0 Å². The third-order valence-corrected chi connectivity index (χ3v) is 2.51. The number of benzene rings is 1. The first-order valence-corrected chi connectivity index (χ1v) is 6.48. The molecule has 1 rings (SSSR count). The van der Waals surface area contributed by atoms with Crippen molar-refractivity contribution in [2.24, 2.45) is 0 Å². The predicted molar refractivity (Wildman–Crippen MR) is 73.4 cm³/mol. The van der Waals surface area contributed by atoms with Gasteiger partial charge in [0.05, 0.1) is 6.61 Å². The van der Waals surface area contributed by atoms with Gasteiger partial charge in [-0.15, -0.1) is 0 Å². The fourth-order valence-electron chi connectivity index (χ4n) is 1.41. The van der Waals surface area contributed by atoms with E-state index < -0.39 is 0 Å². The zero-order valence-corrected chi connectivity index (χ0v) is 11.5. The van der Waals surface area contributed by atoms with Gasteiger partial charge in [0.2, 0.25) is 0 Å². The predicted octanol–water partition coefficient (Wildman–Crippen LogP) is 3.75. The van der Waals surface area contributed by atoms with Gasteiger partial charge in [0.15, 0.2) is 0 Å². The van der Waals surface area contributed by atoms with Gasteiger partial charge in [0, 0.05) is 12.1 Å². The molecule has 0 amide bonds. The van der Waals surface area contributed by atoms with Crippen LogP contribution < -0.4 is 10.1 Å². The molecule has 2 nitrogen and oxygen atoms in total. The number of hydrogen-bond acceptors (Lipinski definition) is 2. The summed E-state index contributed by atoms with van der Waals surface area (Å²) in [7, 11) is 0. The van der Waals surface area contributed by atoms with Crippen LogP contribution in [0.4, 0.5) is 0 Å². The fourth-order valence-corrected chi connectivity index (χ4v) is 1.41. The molecule has 96 valence electrons. The van der Waals surface area contributed by atoms with Crippen LogP contribution in [0, 0.1) is 0 Å². The minimum absolute atomic E-state index is 0.163. The Morgan fingerprint density at radius 2 is 1.76 bits per heavy atom. The van der Waals surface area contributed by atoms with E-state index in [-0.39, 0.29) is 5.54 Å². The maximum atomic E-state index is 5.63. The van der Waals surface area contributed by atoms with Crippen molar-refractivity contribution in [1.82, 2.24) is 5.32 Å². The van der Waals surface area contributed by atoms with Crippen LogP contribution in [-0.2, 0) is 6.54 Å². The molecular formula is C15H25NO. The summed E-state index contributed by atoms with van der Waals surface area (Å²) in [6.45, 7) is 10.4. The van der Waals surface area contributed by atoms with Crippen LogP contribution in [0.5, 0.6) is 5.75 Å². The van der Waals surface area contributed by atoms with Crippen LogP contribution >= 0.6 is 0 Å². The molecule has 0 bridgehead atoms. The van der Waals surface area contributed by atoms with E-state index in [4.69, 9.17) is 4.74 Å². The summed E-state index contributed by atoms with van der Waals surface area (Å²) >= 11 is 0. The summed E-state index contributed by atoms with van der Waals surface area (Å²) in [6, 6.07) is 8.35. The van der Waals surface area contributed by atoms with Gasteiger partial charge in [-0.3, -0.25) is 0 Å². The van der Waals surface area contributed by atoms with E-state index in [9.17, 15) is 0 Å². The lowest BCUT2D eigenvalue weighted by atomic mass is 10.1. The topological polar surface area (TPSA) is 21.3 Å². The maximum absolute atomic E-state index is 5.63. The third-order valence-electron chi connectivity index (χ3n) is 2.51. The van der Waals surface area contributed by atoms with Gasteiger partial charge in [-0.05, 0) is 44.9 Å². The van der Waals surface area contributed by atoms with Crippen molar-refractivity contribution in [3.63, 3.8) is 0 Å². The van der Waals surface area contributed by atoms with Crippen molar-refractivity contribution in [3.8, 4) is 5.75 Å². The van der Waals surface area contributed by atoms with Gasteiger partial charge < -0.3 is 10.1 Å². The number of hydrogen-bond donors (Lipinski definition) is 1. The minimum Gasteiger partial charge on any atom is -0.494 e. The van der Waals surface area contributed by atoms with Crippen molar-refractivity contribution < 1.29 is 4.74 Å². The third kappa shape index (κ3) is 6.32. The Morgan fingerprint density at radius 1 is 1.12 bits per heavy atom. The smallest absolute Gasteiger partial charge is 0.119 e. The van der Waals surface area contributed by atoms with E-state index in [0.29, 0.717) is 0 Å². The highest BCUT2D eigenvalue weighted by atomic mass is 16.5. The van der Waals surface area contributed by atoms with E-state index in [1.54, 1.807) is 0 Å². The van der Waals surface area contributed by atoms with Gasteiger partial charge in [-0.2, -0.15) is 0 Å². The van der Waals surface area contributed by atoms with Crippen LogP contribution in [0.15, 0.2) is 24.3 Å². The van der Waals surface area contributed by atoms with Crippen molar-refractivity contribution in [2.75, 3.05) is 6.61 Å². The first-order valence-electron chi connectivity index (χ1n) is 6.48. The molecule has 0 spiro atoms. The molecule has 17 heavy (non-hydrogen) atoms. The van der Waals surface area contributed by atoms with E-state index >= 15 is 0 Å². The summed E-state index contributed by atoms with van der Waals surface area (Å²) < 4.78 is 5.63. The second-order valence-corrected chi connectivity index (χ2v) is 5.45. The number of nitrogens with one attached hydrogen (secondary N) is 1. The Bertz CT molecular complexity index is 311. The van der Waals surface area contributed by atoms with Gasteiger partial charge in [-0.25, -0.2) is 0 Å². The van der Waals surface area contributed by atoms with Crippen LogP contribution in [0.3, 0.4) is 0 Å². The van der Waals surface area contributed by atoms with Crippen molar-refractivity contribution in [3.05, 3.63) is 29.8 Å². The molecule has 0 heterocycles. The monoisotopic (exact) mass is 235 g/mol. The van der Waals surface area contributed by atoms with Crippen molar-refractivity contribution in [1.29, 1.82) is 0 Å². The van der Waals surface area contributed by atoms with Crippen LogP contribution in [0.1, 0.15) is 46.1 Å². The number of unbranched alkanes of at least 4 members (excludes halogenated alkanes) is 1. The SMILES string of the molecule is CCCCOc1ccc(CNC(C)(C)C)cc1. The summed E-state index contributed by atoms with van der Waals surface area (Å²) in [5, 5.41) is 3.47. The summed E-state index contributed by atoms with van der Waals surface area (Å²) in [6.07, 6.45) is 2.29. The highest BCUT2D eigenvalue weighted by molar-refractivity contribution is 5.27. The average molecular weight is 235 g/mol. The lowest BCUT2D eigenvalue weighted by Gasteiger charge is -2.20. The molecule has 0 fully saturated rings. The first kappa shape index (κ1) is 14.0. The molecule has 1 aromatic carbocycles. The molecule has 0 unspecified atom stereocenters. The van der Waals surface area contributed by atoms with Crippen LogP contribution in [0.25, 0.3) is 0 Å². The van der Waals surface area contributed by atoms with E-state index in [0.717, 1.165) is 25.3 Å². The molecule has 0 saturated heterocycles. The number of rotatable bonds is 6. The molecular weight excluding hydrogens is 210 g/mol. The summed E-state index contributed by atoms with van der Waals surface area (Å²) in [4.78, 5) is 0. The molecule has 1 aromatic rings. The Kier molecular flexibility index (Phi) is 5.49. The summed E-state index contributed by atoms with van der Waals surface area (Å²) in [5.74, 6) is 0.970. The maximum Gasteiger partial charge on any atom is 0.119 e. The van der Waals surface area contributed by atoms with Crippen molar-refractivity contribution >= 4 is 0 Å². The molecule has 0 aliphatic rings. The summed E-state index contributed by atoms with van der Waals surface area (Å²) in [5.41, 5.74) is 1.46. The van der Waals surface area contributed by atoms with Crippen LogP contribution in [-0.4, -0.2) is 12.1 Å². The van der Waals surface area contributed by atoms with E-state index in [2.05, 4.69) is 57.3 Å². The second-order valence-electron chi connectivity index (χ2n) is 5.45. The molecule has 0 aromatic heterocycles. The fraction of sp³-hybridized carbons (Fsp3) is 0.600. The van der Waals surface area contributed by atoms with Gasteiger partial charge in [0.1, 0.15) is 5.75 Å². The molecule has 0 aliphatic carbocycles. The Morgan fingerprint density at radius 3 is 2.29 bits per heavy atom. The van der Waals surface area contributed by atoms with Crippen molar-refractivity contribution in [2.45, 2.75) is 52.6 Å². The number of ether oxygens (including phenoxy) is 1. The van der Waals surface area contributed by atoms with Gasteiger partial charge in [0.25, 0.3) is 0 Å². The van der Waals surface area contributed by atoms with E-state index in [1.165, 1.54) is 12.0 Å². The molecule has 1 N–H and O–H groups in total. The quantitative estimate of drug-likeness (QED) is 0.758. The Balaban J connectivity index is 2.39. The zero-order valence-electron chi connectivity index (χ0n) is 11.5. The molecule has 2 heteroatoms. The van der Waals surface area contributed by atoms with Crippen LogP contribution in [0.2, 0.25) is 0 Å². The Hall–Kier alpha value is -1.02. The molecule has 0 radical (unpaired) electrons. The molecule has 0 aliphatic heterocycles. The molecule has 0 saturated carbocycles. The normalized spacial score (nSPS) is 11.5. The highest BCUT2D eigenvalue weighted by Crippen LogP contribution is 2.13. The van der Waals surface area contributed by atoms with E-state index in [1.807, 2.05) is 0 Å². The highest BCUT2D eigenvalue weighted by Gasteiger charge is 2.07. The lowest BCUT2D eigenvalue weighted by Crippen LogP contribution is -2.35. The second kappa shape index (κ2) is 6.65. The zero-order chi connectivity index (χ0) is 12.7. The van der Waals surface area contributed by atoms with Gasteiger partial charge in [-0.1, -0.05) is 25.5 Å². The standard InChI is InChI=1S/C15H25NO/c1-5-6-11-17-14-9-7-13(8-10-14)12-16-15(2,3)4/h7-10,16H,5-6,11-12H2,1-4H3. The Labute approximate surface area is 105 Å².